The molecule has 1 aromatic rings. The summed E-state index contributed by atoms with van der Waals surface area (Å²) in [4.78, 5) is 9.25. The van der Waals surface area contributed by atoms with Crippen LogP contribution >= 0.6 is 0 Å². The maximum atomic E-state index is 9.38. The number of nitrogens with zero attached hydrogens (tertiary/aromatic N) is 4. The standard InChI is InChI=1S/C15H22N4/c1-10-6-11(2)17-15(14(10)7-16)19-8-12(3)18(5)13(4)9-19/h6,12-13H,8-9H2,1-5H3. The maximum absolute atomic E-state index is 9.38. The second kappa shape index (κ2) is 5.18. The second-order valence-electron chi connectivity index (χ2n) is 5.66. The quantitative estimate of drug-likeness (QED) is 0.773. The minimum Gasteiger partial charge on any atom is -0.352 e. The van der Waals surface area contributed by atoms with Crippen molar-refractivity contribution in [3.05, 3.63) is 22.9 Å². The number of anilines is 1. The fourth-order valence-electron chi connectivity index (χ4n) is 2.76. The lowest BCUT2D eigenvalue weighted by molar-refractivity contribution is 0.169. The smallest absolute Gasteiger partial charge is 0.147 e. The summed E-state index contributed by atoms with van der Waals surface area (Å²) in [5.41, 5.74) is 2.71. The first-order valence-corrected chi connectivity index (χ1v) is 6.79. The number of rotatable bonds is 1. The molecule has 1 fully saturated rings. The van der Waals surface area contributed by atoms with Crippen LogP contribution in [-0.2, 0) is 0 Å². The largest absolute Gasteiger partial charge is 0.352 e. The van der Waals surface area contributed by atoms with Gasteiger partial charge in [-0.25, -0.2) is 4.98 Å². The van der Waals surface area contributed by atoms with Gasteiger partial charge in [0.05, 0.1) is 5.56 Å². The summed E-state index contributed by atoms with van der Waals surface area (Å²) < 4.78 is 0. The first kappa shape index (κ1) is 13.8. The number of pyridine rings is 1. The van der Waals surface area contributed by atoms with Crippen molar-refractivity contribution in [1.82, 2.24) is 9.88 Å². The van der Waals surface area contributed by atoms with Crippen molar-refractivity contribution >= 4 is 5.82 Å². The molecule has 0 aromatic carbocycles. The van der Waals surface area contributed by atoms with E-state index in [1.165, 1.54) is 0 Å². The van der Waals surface area contributed by atoms with Crippen molar-refractivity contribution in [2.24, 2.45) is 0 Å². The lowest BCUT2D eigenvalue weighted by Gasteiger charge is -2.43. The Morgan fingerprint density at radius 2 is 1.84 bits per heavy atom. The van der Waals surface area contributed by atoms with Gasteiger partial charge in [0, 0.05) is 30.9 Å². The van der Waals surface area contributed by atoms with Crippen molar-refractivity contribution in [3.63, 3.8) is 0 Å². The van der Waals surface area contributed by atoms with Crippen LogP contribution in [0.2, 0.25) is 0 Å². The van der Waals surface area contributed by atoms with E-state index in [1.54, 1.807) is 0 Å². The number of hydrogen-bond acceptors (Lipinski definition) is 4. The number of hydrogen-bond donors (Lipinski definition) is 0. The highest BCUT2D eigenvalue weighted by atomic mass is 15.3. The lowest BCUT2D eigenvalue weighted by atomic mass is 10.1. The minimum atomic E-state index is 0.470. The molecule has 2 atom stereocenters. The van der Waals surface area contributed by atoms with Crippen LogP contribution in [0.1, 0.15) is 30.7 Å². The van der Waals surface area contributed by atoms with E-state index in [2.05, 4.69) is 41.7 Å². The Morgan fingerprint density at radius 3 is 2.37 bits per heavy atom. The molecule has 19 heavy (non-hydrogen) atoms. The van der Waals surface area contributed by atoms with E-state index in [0.29, 0.717) is 12.1 Å². The van der Waals surface area contributed by atoms with Crippen molar-refractivity contribution in [3.8, 4) is 6.07 Å². The lowest BCUT2D eigenvalue weighted by Crippen LogP contribution is -2.55. The molecule has 0 bridgehead atoms. The molecule has 102 valence electrons. The van der Waals surface area contributed by atoms with Gasteiger partial charge in [0.15, 0.2) is 0 Å². The molecule has 4 nitrogen and oxygen atoms in total. The summed E-state index contributed by atoms with van der Waals surface area (Å²) in [5.74, 6) is 0.854. The number of piperazine rings is 1. The van der Waals surface area contributed by atoms with Crippen molar-refractivity contribution in [1.29, 1.82) is 5.26 Å². The molecule has 0 aliphatic carbocycles. The monoisotopic (exact) mass is 258 g/mol. The van der Waals surface area contributed by atoms with Crippen LogP contribution in [0, 0.1) is 25.2 Å². The predicted octanol–water partition coefficient (Wildman–Crippen LogP) is 2.10. The average Bonchev–Trinajstić information content (AvgIpc) is 2.34. The molecular weight excluding hydrogens is 236 g/mol. The molecule has 2 rings (SSSR count). The first-order chi connectivity index (χ1) is 8.93. The topological polar surface area (TPSA) is 43.2 Å². The highest BCUT2D eigenvalue weighted by molar-refractivity contribution is 5.58. The third kappa shape index (κ3) is 2.57. The van der Waals surface area contributed by atoms with Crippen molar-refractivity contribution < 1.29 is 0 Å². The Hall–Kier alpha value is -1.60. The van der Waals surface area contributed by atoms with E-state index in [4.69, 9.17) is 0 Å². The maximum Gasteiger partial charge on any atom is 0.147 e. The SMILES string of the molecule is Cc1cc(C)c(C#N)c(N2CC(C)N(C)C(C)C2)n1. The molecule has 0 radical (unpaired) electrons. The molecule has 1 aliphatic heterocycles. The number of likely N-dealkylation sites (N-methyl/N-ethyl adjacent to an activating group) is 1. The Morgan fingerprint density at radius 1 is 1.26 bits per heavy atom. The van der Waals surface area contributed by atoms with Crippen LogP contribution in [-0.4, -0.2) is 42.1 Å². The van der Waals surface area contributed by atoms with Gasteiger partial charge in [-0.05, 0) is 46.4 Å². The minimum absolute atomic E-state index is 0.470. The molecule has 0 spiro atoms. The summed E-state index contributed by atoms with van der Waals surface area (Å²) in [5, 5.41) is 9.38. The Labute approximate surface area is 115 Å². The van der Waals surface area contributed by atoms with Crippen molar-refractivity contribution in [2.45, 2.75) is 39.8 Å². The highest BCUT2D eigenvalue weighted by Gasteiger charge is 2.28. The van der Waals surface area contributed by atoms with Crippen LogP contribution in [0.4, 0.5) is 5.82 Å². The van der Waals surface area contributed by atoms with E-state index in [9.17, 15) is 5.26 Å². The fraction of sp³-hybridized carbons (Fsp3) is 0.600. The number of aromatic nitrogens is 1. The molecule has 1 aliphatic rings. The zero-order valence-electron chi connectivity index (χ0n) is 12.4. The third-order valence-electron chi connectivity index (χ3n) is 4.10. The van der Waals surface area contributed by atoms with E-state index < -0.39 is 0 Å². The zero-order chi connectivity index (χ0) is 14.2. The van der Waals surface area contributed by atoms with Gasteiger partial charge in [-0.15, -0.1) is 0 Å². The van der Waals surface area contributed by atoms with E-state index in [-0.39, 0.29) is 0 Å². The summed E-state index contributed by atoms with van der Waals surface area (Å²) in [6.07, 6.45) is 0. The summed E-state index contributed by atoms with van der Waals surface area (Å²) in [7, 11) is 2.16. The predicted molar refractivity (Wildman–Crippen MR) is 77.3 cm³/mol. The summed E-state index contributed by atoms with van der Waals surface area (Å²) in [6, 6.07) is 5.23. The van der Waals surface area contributed by atoms with Gasteiger partial charge in [-0.2, -0.15) is 5.26 Å². The van der Waals surface area contributed by atoms with Gasteiger partial charge in [-0.3, -0.25) is 4.90 Å². The number of aryl methyl sites for hydroxylation is 2. The number of nitriles is 1. The normalized spacial score (nSPS) is 24.3. The summed E-state index contributed by atoms with van der Waals surface area (Å²) in [6.45, 7) is 10.3. The van der Waals surface area contributed by atoms with Gasteiger partial charge in [0.2, 0.25) is 0 Å². The molecule has 1 saturated heterocycles. The average molecular weight is 258 g/mol. The van der Waals surface area contributed by atoms with Gasteiger partial charge in [0.1, 0.15) is 11.9 Å². The van der Waals surface area contributed by atoms with E-state index in [1.807, 2.05) is 19.9 Å². The van der Waals surface area contributed by atoms with Crippen LogP contribution < -0.4 is 4.90 Å². The van der Waals surface area contributed by atoms with Crippen LogP contribution in [0.25, 0.3) is 0 Å². The molecule has 0 saturated carbocycles. The molecule has 2 unspecified atom stereocenters. The molecule has 4 heteroatoms. The second-order valence-corrected chi connectivity index (χ2v) is 5.66. The van der Waals surface area contributed by atoms with Crippen LogP contribution in [0.3, 0.4) is 0 Å². The Balaban J connectivity index is 2.40. The van der Waals surface area contributed by atoms with Gasteiger partial charge >= 0.3 is 0 Å². The third-order valence-corrected chi connectivity index (χ3v) is 4.10. The van der Waals surface area contributed by atoms with Crippen molar-refractivity contribution in [2.75, 3.05) is 25.0 Å². The Bertz CT molecular complexity index is 506. The van der Waals surface area contributed by atoms with Gasteiger partial charge in [-0.1, -0.05) is 0 Å². The highest BCUT2D eigenvalue weighted by Crippen LogP contribution is 2.25. The molecule has 0 amide bonds. The fourth-order valence-corrected chi connectivity index (χ4v) is 2.76. The molecule has 1 aromatic heterocycles. The molecular formula is C15H22N4. The van der Waals surface area contributed by atoms with E-state index >= 15 is 0 Å². The van der Waals surface area contributed by atoms with Crippen LogP contribution in [0.15, 0.2) is 6.07 Å². The molecule has 0 N–H and O–H groups in total. The van der Waals surface area contributed by atoms with Gasteiger partial charge in [0.25, 0.3) is 0 Å². The first-order valence-electron chi connectivity index (χ1n) is 6.79. The van der Waals surface area contributed by atoms with Gasteiger partial charge < -0.3 is 4.90 Å². The van der Waals surface area contributed by atoms with Crippen LogP contribution in [0.5, 0.6) is 0 Å². The van der Waals surface area contributed by atoms with E-state index in [0.717, 1.165) is 35.7 Å². The summed E-state index contributed by atoms with van der Waals surface area (Å²) >= 11 is 0. The zero-order valence-corrected chi connectivity index (χ0v) is 12.4. The Kier molecular flexibility index (Phi) is 3.77. The molecule has 2 heterocycles.